The summed E-state index contributed by atoms with van der Waals surface area (Å²) in [7, 11) is 0. The summed E-state index contributed by atoms with van der Waals surface area (Å²) in [6.45, 7) is 0.596. The molecule has 3 heteroatoms. The normalized spacial score (nSPS) is 18.9. The van der Waals surface area contributed by atoms with Crippen LogP contribution < -0.4 is 5.73 Å². The highest BCUT2D eigenvalue weighted by Crippen LogP contribution is 2.43. The van der Waals surface area contributed by atoms with Crippen molar-refractivity contribution < 1.29 is 8.78 Å². The molecule has 2 rings (SSSR count). The third kappa shape index (κ3) is 1.96. The lowest BCUT2D eigenvalue weighted by Gasteiger charge is -2.29. The van der Waals surface area contributed by atoms with Crippen LogP contribution in [-0.2, 0) is 5.41 Å². The largest absolute Gasteiger partial charge is 0.330 e. The van der Waals surface area contributed by atoms with Crippen LogP contribution in [0.25, 0.3) is 0 Å². The van der Waals surface area contributed by atoms with Crippen molar-refractivity contribution in [2.24, 2.45) is 5.73 Å². The second-order valence-corrected chi connectivity index (χ2v) is 4.65. The molecule has 0 amide bonds. The van der Waals surface area contributed by atoms with E-state index in [4.69, 9.17) is 5.73 Å². The van der Waals surface area contributed by atoms with Crippen molar-refractivity contribution in [1.29, 1.82) is 0 Å². The minimum atomic E-state index is -0.773. The Hall–Kier alpha value is -0.960. The highest BCUT2D eigenvalue weighted by atomic mass is 19.2. The molecule has 0 heterocycles. The van der Waals surface area contributed by atoms with Gasteiger partial charge in [0.05, 0.1) is 0 Å². The van der Waals surface area contributed by atoms with Gasteiger partial charge in [0.1, 0.15) is 0 Å². The first kappa shape index (κ1) is 11.5. The second kappa shape index (κ2) is 4.50. The summed E-state index contributed by atoms with van der Waals surface area (Å²) in [6, 6.07) is 4.27. The van der Waals surface area contributed by atoms with Gasteiger partial charge in [-0.25, -0.2) is 8.78 Å². The Morgan fingerprint density at radius 2 is 1.81 bits per heavy atom. The molecule has 1 aromatic carbocycles. The van der Waals surface area contributed by atoms with Gasteiger partial charge < -0.3 is 5.73 Å². The van der Waals surface area contributed by atoms with Gasteiger partial charge >= 0.3 is 0 Å². The van der Waals surface area contributed by atoms with Crippen molar-refractivity contribution in [3.05, 3.63) is 35.4 Å². The second-order valence-electron chi connectivity index (χ2n) is 4.65. The molecule has 0 atom stereocenters. The van der Waals surface area contributed by atoms with Gasteiger partial charge in [-0.05, 0) is 48.9 Å². The van der Waals surface area contributed by atoms with E-state index in [0.29, 0.717) is 6.54 Å². The third-order valence-electron chi connectivity index (χ3n) is 3.72. The first-order valence-corrected chi connectivity index (χ1v) is 5.83. The fourth-order valence-corrected chi connectivity index (χ4v) is 2.84. The van der Waals surface area contributed by atoms with Gasteiger partial charge in [0.2, 0.25) is 0 Å². The summed E-state index contributed by atoms with van der Waals surface area (Å²) in [5, 5.41) is 0. The number of benzene rings is 1. The zero-order valence-corrected chi connectivity index (χ0v) is 9.31. The van der Waals surface area contributed by atoms with Gasteiger partial charge in [0.15, 0.2) is 11.6 Å². The Balaban J connectivity index is 2.35. The minimum absolute atomic E-state index is 0.0106. The average Bonchev–Trinajstić information content (AvgIpc) is 2.72. The Morgan fingerprint density at radius 3 is 2.38 bits per heavy atom. The van der Waals surface area contributed by atoms with E-state index in [2.05, 4.69) is 0 Å². The molecule has 16 heavy (non-hydrogen) atoms. The molecule has 1 fully saturated rings. The van der Waals surface area contributed by atoms with Crippen LogP contribution in [0.4, 0.5) is 8.78 Å². The molecule has 0 spiro atoms. The fourth-order valence-electron chi connectivity index (χ4n) is 2.84. The van der Waals surface area contributed by atoms with Crippen LogP contribution in [0.3, 0.4) is 0 Å². The summed E-state index contributed by atoms with van der Waals surface area (Å²) in [4.78, 5) is 0. The maximum atomic E-state index is 13.2. The van der Waals surface area contributed by atoms with Crippen LogP contribution in [0.15, 0.2) is 18.2 Å². The van der Waals surface area contributed by atoms with Crippen LogP contribution in [0.1, 0.15) is 37.7 Å². The standard InChI is InChI=1S/C13H17F2N/c14-11-4-3-10(9-12(11)15)13(7-8-16)5-1-2-6-13/h3-4,9H,1-2,5-8,16H2. The molecule has 0 radical (unpaired) electrons. The van der Waals surface area contributed by atoms with E-state index < -0.39 is 11.6 Å². The van der Waals surface area contributed by atoms with Gasteiger partial charge in [-0.2, -0.15) is 0 Å². The van der Waals surface area contributed by atoms with E-state index in [1.165, 1.54) is 12.1 Å². The molecule has 0 aromatic heterocycles. The highest BCUT2D eigenvalue weighted by molar-refractivity contribution is 5.28. The molecule has 1 nitrogen and oxygen atoms in total. The fraction of sp³-hybridized carbons (Fsp3) is 0.538. The molecule has 2 N–H and O–H groups in total. The van der Waals surface area contributed by atoms with E-state index in [-0.39, 0.29) is 5.41 Å². The van der Waals surface area contributed by atoms with E-state index in [1.807, 2.05) is 0 Å². The molecular weight excluding hydrogens is 208 g/mol. The van der Waals surface area contributed by atoms with E-state index in [1.54, 1.807) is 6.07 Å². The van der Waals surface area contributed by atoms with E-state index in [9.17, 15) is 8.78 Å². The quantitative estimate of drug-likeness (QED) is 0.840. The Bertz CT molecular complexity index is 370. The van der Waals surface area contributed by atoms with Crippen LogP contribution in [-0.4, -0.2) is 6.54 Å². The zero-order chi connectivity index (χ0) is 11.6. The van der Waals surface area contributed by atoms with Gasteiger partial charge in [-0.3, -0.25) is 0 Å². The van der Waals surface area contributed by atoms with Crippen molar-refractivity contribution in [2.45, 2.75) is 37.5 Å². The van der Waals surface area contributed by atoms with E-state index in [0.717, 1.165) is 37.7 Å². The summed E-state index contributed by atoms with van der Waals surface area (Å²) in [5.41, 5.74) is 6.53. The zero-order valence-electron chi connectivity index (χ0n) is 9.31. The van der Waals surface area contributed by atoms with Gasteiger partial charge in [0, 0.05) is 0 Å². The van der Waals surface area contributed by atoms with Gasteiger partial charge in [-0.15, -0.1) is 0 Å². The molecule has 88 valence electrons. The first-order chi connectivity index (χ1) is 7.68. The number of nitrogens with two attached hydrogens (primary N) is 1. The summed E-state index contributed by atoms with van der Waals surface area (Å²) in [6.07, 6.45) is 5.24. The molecule has 0 bridgehead atoms. The van der Waals surface area contributed by atoms with Gasteiger partial charge in [0.25, 0.3) is 0 Å². The molecule has 1 aliphatic rings. The van der Waals surface area contributed by atoms with Crippen molar-refractivity contribution in [1.82, 2.24) is 0 Å². The number of halogens is 2. The Kier molecular flexibility index (Phi) is 3.24. The summed E-state index contributed by atoms with van der Waals surface area (Å²) >= 11 is 0. The van der Waals surface area contributed by atoms with Crippen LogP contribution in [0.2, 0.25) is 0 Å². The van der Waals surface area contributed by atoms with Crippen LogP contribution in [0.5, 0.6) is 0 Å². The monoisotopic (exact) mass is 225 g/mol. The lowest BCUT2D eigenvalue weighted by molar-refractivity contribution is 0.406. The highest BCUT2D eigenvalue weighted by Gasteiger charge is 2.35. The SMILES string of the molecule is NCCC1(c2ccc(F)c(F)c2)CCCC1. The predicted octanol–water partition coefficient (Wildman–Crippen LogP) is 3.13. The van der Waals surface area contributed by atoms with Crippen LogP contribution >= 0.6 is 0 Å². The van der Waals surface area contributed by atoms with Crippen molar-refractivity contribution >= 4 is 0 Å². The smallest absolute Gasteiger partial charge is 0.159 e. The Morgan fingerprint density at radius 1 is 1.12 bits per heavy atom. The topological polar surface area (TPSA) is 26.0 Å². The van der Waals surface area contributed by atoms with Gasteiger partial charge in [-0.1, -0.05) is 18.9 Å². The predicted molar refractivity (Wildman–Crippen MR) is 60.2 cm³/mol. The molecular formula is C13H17F2N. The first-order valence-electron chi connectivity index (χ1n) is 5.83. The van der Waals surface area contributed by atoms with Crippen molar-refractivity contribution in [3.63, 3.8) is 0 Å². The lowest BCUT2D eigenvalue weighted by Crippen LogP contribution is -2.26. The minimum Gasteiger partial charge on any atom is -0.330 e. The molecule has 0 aliphatic heterocycles. The van der Waals surface area contributed by atoms with Crippen molar-refractivity contribution in [2.75, 3.05) is 6.54 Å². The van der Waals surface area contributed by atoms with E-state index >= 15 is 0 Å². The maximum absolute atomic E-state index is 13.2. The maximum Gasteiger partial charge on any atom is 0.159 e. The third-order valence-corrected chi connectivity index (χ3v) is 3.72. The number of hydrogen-bond acceptors (Lipinski definition) is 1. The summed E-state index contributed by atoms with van der Waals surface area (Å²) < 4.78 is 26.1. The molecule has 0 saturated heterocycles. The number of rotatable bonds is 3. The average molecular weight is 225 g/mol. The lowest BCUT2D eigenvalue weighted by atomic mass is 9.76. The van der Waals surface area contributed by atoms with Crippen LogP contribution in [0, 0.1) is 11.6 Å². The number of hydrogen-bond donors (Lipinski definition) is 1. The summed E-state index contributed by atoms with van der Waals surface area (Å²) in [5.74, 6) is -1.52. The molecule has 0 unspecified atom stereocenters. The molecule has 1 saturated carbocycles. The Labute approximate surface area is 94.7 Å². The molecule has 1 aromatic rings. The molecule has 1 aliphatic carbocycles. The van der Waals surface area contributed by atoms with Crippen molar-refractivity contribution in [3.8, 4) is 0 Å².